The van der Waals surface area contributed by atoms with Crippen molar-refractivity contribution >= 4 is 39.1 Å². The van der Waals surface area contributed by atoms with E-state index in [0.717, 1.165) is 40.1 Å². The highest BCUT2D eigenvalue weighted by Gasteiger charge is 2.09. The fraction of sp³-hybridized carbons (Fsp3) is 0.158. The van der Waals surface area contributed by atoms with Crippen molar-refractivity contribution in [2.24, 2.45) is 0 Å². The fourth-order valence-corrected chi connectivity index (χ4v) is 3.42. The number of pyridine rings is 2. The van der Waals surface area contributed by atoms with E-state index in [9.17, 15) is 0 Å². The van der Waals surface area contributed by atoms with Crippen molar-refractivity contribution < 1.29 is 0 Å². The van der Waals surface area contributed by atoms with Gasteiger partial charge in [0.1, 0.15) is 0 Å². The Balaban J connectivity index is 1.98. The van der Waals surface area contributed by atoms with E-state index in [4.69, 9.17) is 4.98 Å². The lowest BCUT2D eigenvalue weighted by molar-refractivity contribution is 0.959. The predicted molar refractivity (Wildman–Crippen MR) is 104 cm³/mol. The number of fused-ring (bicyclic) bond motifs is 1. The van der Waals surface area contributed by atoms with Crippen molar-refractivity contribution in [3.8, 4) is 11.1 Å². The number of thiophene rings is 1. The van der Waals surface area contributed by atoms with Crippen molar-refractivity contribution in [3.63, 3.8) is 0 Å². The van der Waals surface area contributed by atoms with Crippen LogP contribution in [-0.2, 0) is 0 Å². The quantitative estimate of drug-likeness (QED) is 0.457. The normalized spacial score (nSPS) is 12.3. The molecule has 3 heterocycles. The van der Waals surface area contributed by atoms with Crippen LogP contribution in [0.25, 0.3) is 26.2 Å². The summed E-state index contributed by atoms with van der Waals surface area (Å²) in [7, 11) is 0. The second-order valence-corrected chi connectivity index (χ2v) is 6.59. The van der Waals surface area contributed by atoms with Crippen LogP contribution < -0.4 is 0 Å². The summed E-state index contributed by atoms with van der Waals surface area (Å²) >= 11 is 6.30. The molecule has 2 nitrogen and oxygen atoms in total. The van der Waals surface area contributed by atoms with E-state index < -0.39 is 0 Å². The van der Waals surface area contributed by atoms with Gasteiger partial charge < -0.3 is 0 Å². The Labute approximate surface area is 146 Å². The molecule has 116 valence electrons. The molecule has 0 aliphatic heterocycles. The third kappa shape index (κ3) is 3.71. The molecule has 23 heavy (non-hydrogen) atoms. The molecule has 0 aromatic carbocycles. The van der Waals surface area contributed by atoms with E-state index in [1.165, 1.54) is 4.70 Å². The number of hydrogen-bond donors (Lipinski definition) is 1. The van der Waals surface area contributed by atoms with Crippen LogP contribution in [0.2, 0.25) is 0 Å². The molecule has 0 amide bonds. The minimum atomic E-state index is 0.881. The first-order valence-electron chi connectivity index (χ1n) is 7.64. The van der Waals surface area contributed by atoms with Gasteiger partial charge in [0.15, 0.2) is 0 Å². The highest BCUT2D eigenvalue weighted by atomic mass is 32.1. The fourth-order valence-electron chi connectivity index (χ4n) is 2.30. The molecule has 3 aromatic heterocycles. The standard InChI is InChI=1S/C19H18N2S2/c1-2-3-4-5-6-17(22)16-7-8-18-19(21-16)15(13-23-18)14-9-11-20-12-10-14/h4-13,22H,2-3H2,1H3/b5-4-,17-6-. The maximum Gasteiger partial charge on any atom is 0.0895 e. The Hall–Kier alpha value is -1.91. The Morgan fingerprint density at radius 3 is 2.83 bits per heavy atom. The zero-order chi connectivity index (χ0) is 16.1. The van der Waals surface area contributed by atoms with Gasteiger partial charge in [0.2, 0.25) is 0 Å². The van der Waals surface area contributed by atoms with Crippen molar-refractivity contribution in [2.45, 2.75) is 19.8 Å². The van der Waals surface area contributed by atoms with E-state index in [2.05, 4.69) is 48.1 Å². The molecule has 0 atom stereocenters. The van der Waals surface area contributed by atoms with Crippen LogP contribution in [0.15, 0.2) is 60.3 Å². The summed E-state index contributed by atoms with van der Waals surface area (Å²) < 4.78 is 1.18. The van der Waals surface area contributed by atoms with Gasteiger partial charge in [-0.2, -0.15) is 0 Å². The molecular formula is C19H18N2S2. The van der Waals surface area contributed by atoms with Crippen LogP contribution >= 0.6 is 24.0 Å². The second-order valence-electron chi connectivity index (χ2n) is 5.20. The lowest BCUT2D eigenvalue weighted by Gasteiger charge is -2.02. The van der Waals surface area contributed by atoms with E-state index in [1.807, 2.05) is 36.7 Å². The summed E-state index contributed by atoms with van der Waals surface area (Å²) in [4.78, 5) is 9.79. The predicted octanol–water partition coefficient (Wildman–Crippen LogP) is 5.99. The maximum absolute atomic E-state index is 4.82. The monoisotopic (exact) mass is 338 g/mol. The van der Waals surface area contributed by atoms with Gasteiger partial charge in [-0.15, -0.1) is 24.0 Å². The van der Waals surface area contributed by atoms with Gasteiger partial charge in [0.25, 0.3) is 0 Å². The molecule has 0 aliphatic rings. The van der Waals surface area contributed by atoms with Crippen molar-refractivity contribution in [1.29, 1.82) is 0 Å². The largest absolute Gasteiger partial charge is 0.265 e. The average molecular weight is 339 g/mol. The third-order valence-electron chi connectivity index (χ3n) is 3.52. The summed E-state index contributed by atoms with van der Waals surface area (Å²) in [6.45, 7) is 2.17. The lowest BCUT2D eigenvalue weighted by atomic mass is 10.1. The second kappa shape index (κ2) is 7.57. The van der Waals surface area contributed by atoms with E-state index in [0.29, 0.717) is 0 Å². The minimum Gasteiger partial charge on any atom is -0.265 e. The molecule has 0 aliphatic carbocycles. The van der Waals surface area contributed by atoms with Gasteiger partial charge in [-0.05, 0) is 42.3 Å². The smallest absolute Gasteiger partial charge is 0.0895 e. The van der Waals surface area contributed by atoms with Crippen LogP contribution in [0.5, 0.6) is 0 Å². The summed E-state index contributed by atoms with van der Waals surface area (Å²) in [5, 5.41) is 2.15. The molecule has 4 heteroatoms. The average Bonchev–Trinajstić information content (AvgIpc) is 3.02. The highest BCUT2D eigenvalue weighted by Crippen LogP contribution is 2.33. The third-order valence-corrected chi connectivity index (χ3v) is 4.83. The Bertz CT molecular complexity index is 848. The first-order chi connectivity index (χ1) is 11.3. The highest BCUT2D eigenvalue weighted by molar-refractivity contribution is 7.90. The topological polar surface area (TPSA) is 25.8 Å². The molecule has 0 bridgehead atoms. The van der Waals surface area contributed by atoms with Crippen LogP contribution in [-0.4, -0.2) is 9.97 Å². The minimum absolute atomic E-state index is 0.881. The number of thiol groups is 1. The molecule has 0 radical (unpaired) electrons. The van der Waals surface area contributed by atoms with Gasteiger partial charge in [0, 0.05) is 28.2 Å². The van der Waals surface area contributed by atoms with Crippen molar-refractivity contribution in [2.75, 3.05) is 0 Å². The SMILES string of the molecule is CCC/C=C\C=C(/S)c1ccc2scc(-c3ccncc3)c2n1. The van der Waals surface area contributed by atoms with Gasteiger partial charge in [0.05, 0.1) is 15.9 Å². The Morgan fingerprint density at radius 1 is 1.22 bits per heavy atom. The van der Waals surface area contributed by atoms with Crippen molar-refractivity contribution in [3.05, 3.63) is 66.0 Å². The van der Waals surface area contributed by atoms with Crippen LogP contribution in [0.3, 0.4) is 0 Å². The van der Waals surface area contributed by atoms with Crippen molar-refractivity contribution in [1.82, 2.24) is 9.97 Å². The van der Waals surface area contributed by atoms with Gasteiger partial charge in [-0.1, -0.05) is 25.5 Å². The molecule has 0 unspecified atom stereocenters. The van der Waals surface area contributed by atoms with Gasteiger partial charge in [-0.25, -0.2) is 4.98 Å². The van der Waals surface area contributed by atoms with Gasteiger partial charge >= 0.3 is 0 Å². The molecule has 0 spiro atoms. The number of nitrogens with zero attached hydrogens (tertiary/aromatic N) is 2. The number of unbranched alkanes of at least 4 members (excludes halogenated alkanes) is 1. The first kappa shape index (κ1) is 16.0. The zero-order valence-corrected chi connectivity index (χ0v) is 14.6. The molecule has 3 rings (SSSR count). The molecule has 0 N–H and O–H groups in total. The number of aromatic nitrogens is 2. The molecule has 0 saturated heterocycles. The summed E-state index contributed by atoms with van der Waals surface area (Å²) in [5.41, 5.74) is 4.22. The Morgan fingerprint density at radius 2 is 2.04 bits per heavy atom. The van der Waals surface area contributed by atoms with E-state index >= 15 is 0 Å². The first-order valence-corrected chi connectivity index (χ1v) is 8.97. The Kier molecular flexibility index (Phi) is 5.26. The molecule has 0 fully saturated rings. The zero-order valence-electron chi connectivity index (χ0n) is 12.9. The van der Waals surface area contributed by atoms with Gasteiger partial charge in [-0.3, -0.25) is 4.98 Å². The van der Waals surface area contributed by atoms with E-state index in [1.54, 1.807) is 11.3 Å². The van der Waals surface area contributed by atoms with Crippen LogP contribution in [0, 0.1) is 0 Å². The number of allylic oxidation sites excluding steroid dienone is 3. The lowest BCUT2D eigenvalue weighted by Crippen LogP contribution is -1.86. The molecule has 0 saturated carbocycles. The molecular weight excluding hydrogens is 320 g/mol. The summed E-state index contributed by atoms with van der Waals surface area (Å²) in [6.07, 6.45) is 12.1. The summed E-state index contributed by atoms with van der Waals surface area (Å²) in [5.74, 6) is 0. The van der Waals surface area contributed by atoms with Crippen LogP contribution in [0.4, 0.5) is 0 Å². The molecule has 3 aromatic rings. The van der Waals surface area contributed by atoms with Crippen LogP contribution in [0.1, 0.15) is 25.5 Å². The van der Waals surface area contributed by atoms with E-state index in [-0.39, 0.29) is 0 Å². The number of rotatable bonds is 5. The maximum atomic E-state index is 4.82. The summed E-state index contributed by atoms with van der Waals surface area (Å²) in [6, 6.07) is 8.18. The number of hydrogen-bond acceptors (Lipinski definition) is 4.